The molecule has 0 heterocycles. The Kier molecular flexibility index (Phi) is 4.66. The van der Waals surface area contributed by atoms with Gasteiger partial charge >= 0.3 is 5.97 Å². The van der Waals surface area contributed by atoms with Gasteiger partial charge in [-0.15, -0.1) is 0 Å². The highest BCUT2D eigenvalue weighted by molar-refractivity contribution is 9.10. The molecule has 2 aliphatic carbocycles. The molecule has 2 aliphatic rings. The van der Waals surface area contributed by atoms with Gasteiger partial charge in [0.2, 0.25) is 0 Å². The molecule has 0 bridgehead atoms. The van der Waals surface area contributed by atoms with Gasteiger partial charge < -0.3 is 15.2 Å². The molecule has 0 atom stereocenters. The number of methoxy groups -OCH3 is 1. The second kappa shape index (κ2) is 6.86. The van der Waals surface area contributed by atoms with Crippen molar-refractivity contribution < 1.29 is 14.6 Å². The lowest BCUT2D eigenvalue weighted by Gasteiger charge is -2.44. The van der Waals surface area contributed by atoms with Crippen molar-refractivity contribution in [3.05, 3.63) is 58.1 Å². The molecule has 2 aromatic carbocycles. The van der Waals surface area contributed by atoms with Gasteiger partial charge in [0.05, 0.1) is 7.11 Å². The normalized spacial score (nSPS) is 26.6. The van der Waals surface area contributed by atoms with E-state index in [1.807, 2.05) is 30.3 Å². The third-order valence-corrected chi connectivity index (χ3v) is 6.93. The number of ether oxygens (including phenoxy) is 1. The maximum atomic E-state index is 12.2. The Morgan fingerprint density at radius 3 is 2.56 bits per heavy atom. The highest BCUT2D eigenvalue weighted by Crippen LogP contribution is 2.52. The first-order valence-corrected chi connectivity index (χ1v) is 10.2. The fourth-order valence-electron chi connectivity index (χ4n) is 4.81. The molecule has 0 aliphatic heterocycles. The van der Waals surface area contributed by atoms with Gasteiger partial charge in [0.1, 0.15) is 11.3 Å². The molecule has 5 heteroatoms. The molecular weight excluding hydrogens is 406 g/mol. The maximum Gasteiger partial charge on any atom is 0.329 e. The molecule has 0 radical (unpaired) electrons. The Morgan fingerprint density at radius 2 is 1.89 bits per heavy atom. The van der Waals surface area contributed by atoms with Crippen LogP contribution in [0.2, 0.25) is 0 Å². The Morgan fingerprint density at radius 1 is 1.11 bits per heavy atom. The predicted octanol–water partition coefficient (Wildman–Crippen LogP) is 5.15. The molecule has 1 spiro atoms. The van der Waals surface area contributed by atoms with Crippen molar-refractivity contribution in [2.45, 2.75) is 49.5 Å². The van der Waals surface area contributed by atoms with E-state index >= 15 is 0 Å². The number of nitrogens with one attached hydrogen (secondary N) is 1. The van der Waals surface area contributed by atoms with Gasteiger partial charge in [0.15, 0.2) is 0 Å². The van der Waals surface area contributed by atoms with Gasteiger partial charge in [-0.1, -0.05) is 28.1 Å². The number of carboxylic acid groups (broad SMARTS) is 1. The standard InChI is InChI=1S/C22H24BrNO3/c1-27-18-6-5-15-7-8-21(19(15)14-18)9-11-22(12-10-21,20(25)26)24-17-4-2-3-16(23)13-17/h2-6,13-14,24H,7-12H2,1H3,(H,25,26). The summed E-state index contributed by atoms with van der Waals surface area (Å²) in [6, 6.07) is 14.1. The Hall–Kier alpha value is -2.01. The Bertz CT molecular complexity index is 872. The van der Waals surface area contributed by atoms with Crippen molar-refractivity contribution in [2.75, 3.05) is 12.4 Å². The minimum atomic E-state index is -0.909. The van der Waals surface area contributed by atoms with Gasteiger partial charge in [-0.3, -0.25) is 0 Å². The molecular formula is C22H24BrNO3. The quantitative estimate of drug-likeness (QED) is 0.705. The van der Waals surface area contributed by atoms with E-state index < -0.39 is 11.5 Å². The largest absolute Gasteiger partial charge is 0.497 e. The van der Waals surface area contributed by atoms with Crippen LogP contribution in [0.25, 0.3) is 0 Å². The summed E-state index contributed by atoms with van der Waals surface area (Å²) < 4.78 is 6.37. The van der Waals surface area contributed by atoms with E-state index in [0.29, 0.717) is 12.8 Å². The van der Waals surface area contributed by atoms with Crippen LogP contribution in [0.5, 0.6) is 5.75 Å². The number of rotatable bonds is 4. The number of benzene rings is 2. The summed E-state index contributed by atoms with van der Waals surface area (Å²) in [5, 5.41) is 13.4. The monoisotopic (exact) mass is 429 g/mol. The second-order valence-corrected chi connectivity index (χ2v) is 8.74. The van der Waals surface area contributed by atoms with E-state index in [-0.39, 0.29) is 5.41 Å². The lowest BCUT2D eigenvalue weighted by atomic mass is 9.64. The Balaban J connectivity index is 1.59. The van der Waals surface area contributed by atoms with Gasteiger partial charge in [0, 0.05) is 10.2 Å². The van der Waals surface area contributed by atoms with Gasteiger partial charge in [-0.25, -0.2) is 4.79 Å². The zero-order valence-electron chi connectivity index (χ0n) is 15.4. The van der Waals surface area contributed by atoms with E-state index in [9.17, 15) is 9.90 Å². The van der Waals surface area contributed by atoms with E-state index in [2.05, 4.69) is 33.4 Å². The van der Waals surface area contributed by atoms with Crippen LogP contribution in [0.3, 0.4) is 0 Å². The molecule has 0 unspecified atom stereocenters. The van der Waals surface area contributed by atoms with Crippen LogP contribution >= 0.6 is 15.9 Å². The third-order valence-electron chi connectivity index (χ3n) is 6.44. The molecule has 142 valence electrons. The number of halogens is 1. The van der Waals surface area contributed by atoms with E-state index in [1.54, 1.807) is 7.11 Å². The number of hydrogen-bond acceptors (Lipinski definition) is 3. The number of aliphatic carboxylic acids is 1. The first kappa shape index (κ1) is 18.4. The predicted molar refractivity (Wildman–Crippen MR) is 110 cm³/mol. The average Bonchev–Trinajstić information content (AvgIpc) is 3.01. The number of aryl methyl sites for hydroxylation is 1. The van der Waals surface area contributed by atoms with Crippen LogP contribution in [0.15, 0.2) is 46.9 Å². The molecule has 27 heavy (non-hydrogen) atoms. The molecule has 4 rings (SSSR count). The summed E-state index contributed by atoms with van der Waals surface area (Å²) >= 11 is 3.46. The second-order valence-electron chi connectivity index (χ2n) is 7.83. The molecule has 2 N–H and O–H groups in total. The summed E-state index contributed by atoms with van der Waals surface area (Å²) in [5.41, 5.74) is 2.77. The van der Waals surface area contributed by atoms with Crippen molar-refractivity contribution >= 4 is 27.6 Å². The van der Waals surface area contributed by atoms with Crippen LogP contribution in [0, 0.1) is 0 Å². The summed E-state index contributed by atoms with van der Waals surface area (Å²) in [6.45, 7) is 0. The molecule has 0 saturated heterocycles. The van der Waals surface area contributed by atoms with Crippen LogP contribution < -0.4 is 10.1 Å². The topological polar surface area (TPSA) is 58.6 Å². The van der Waals surface area contributed by atoms with Crippen LogP contribution in [-0.2, 0) is 16.6 Å². The summed E-state index contributed by atoms with van der Waals surface area (Å²) in [6.07, 6.45) is 5.15. The SMILES string of the molecule is COc1ccc2c(c1)C1(CC2)CCC(Nc2cccc(Br)c2)(C(=O)O)CC1. The van der Waals surface area contributed by atoms with Gasteiger partial charge in [-0.05, 0) is 85.4 Å². The van der Waals surface area contributed by atoms with Crippen LogP contribution in [-0.4, -0.2) is 23.7 Å². The number of carboxylic acids is 1. The molecule has 0 aromatic heterocycles. The highest BCUT2D eigenvalue weighted by Gasteiger charge is 2.50. The minimum Gasteiger partial charge on any atom is -0.497 e. The van der Waals surface area contributed by atoms with Crippen molar-refractivity contribution in [3.8, 4) is 5.75 Å². The number of fused-ring (bicyclic) bond motifs is 2. The molecule has 2 aromatic rings. The van der Waals surface area contributed by atoms with Crippen molar-refractivity contribution in [2.24, 2.45) is 0 Å². The van der Waals surface area contributed by atoms with E-state index in [4.69, 9.17) is 4.74 Å². The van der Waals surface area contributed by atoms with Crippen molar-refractivity contribution in [1.29, 1.82) is 0 Å². The van der Waals surface area contributed by atoms with Crippen molar-refractivity contribution in [3.63, 3.8) is 0 Å². The zero-order chi connectivity index (χ0) is 19.1. The van der Waals surface area contributed by atoms with Gasteiger partial charge in [-0.2, -0.15) is 0 Å². The fraction of sp³-hybridized carbons (Fsp3) is 0.409. The molecule has 1 fully saturated rings. The molecule has 4 nitrogen and oxygen atoms in total. The fourth-order valence-corrected chi connectivity index (χ4v) is 5.21. The third kappa shape index (κ3) is 3.22. The summed E-state index contributed by atoms with van der Waals surface area (Å²) in [7, 11) is 1.70. The van der Waals surface area contributed by atoms with E-state index in [1.165, 1.54) is 11.1 Å². The summed E-state index contributed by atoms with van der Waals surface area (Å²) in [4.78, 5) is 12.2. The van der Waals surface area contributed by atoms with Gasteiger partial charge in [0.25, 0.3) is 0 Å². The number of carbonyl (C=O) groups is 1. The van der Waals surface area contributed by atoms with Crippen LogP contribution in [0.1, 0.15) is 43.2 Å². The van der Waals surface area contributed by atoms with Crippen LogP contribution in [0.4, 0.5) is 5.69 Å². The zero-order valence-corrected chi connectivity index (χ0v) is 17.0. The minimum absolute atomic E-state index is 0.0851. The molecule has 1 saturated carbocycles. The Labute approximate surface area is 168 Å². The first-order chi connectivity index (χ1) is 13.0. The lowest BCUT2D eigenvalue weighted by Crippen LogP contribution is -2.51. The maximum absolute atomic E-state index is 12.2. The number of hydrogen-bond donors (Lipinski definition) is 2. The first-order valence-electron chi connectivity index (χ1n) is 9.41. The number of anilines is 1. The van der Waals surface area contributed by atoms with E-state index in [0.717, 1.165) is 41.6 Å². The van der Waals surface area contributed by atoms with Crippen molar-refractivity contribution in [1.82, 2.24) is 0 Å². The smallest absolute Gasteiger partial charge is 0.329 e. The summed E-state index contributed by atoms with van der Waals surface area (Å²) in [5.74, 6) is 0.124. The highest BCUT2D eigenvalue weighted by atomic mass is 79.9. The lowest BCUT2D eigenvalue weighted by molar-refractivity contribution is -0.144. The molecule has 0 amide bonds. The average molecular weight is 430 g/mol.